The van der Waals surface area contributed by atoms with Crippen molar-refractivity contribution in [2.75, 3.05) is 77.1 Å². The Bertz CT molecular complexity index is 1790. The molecule has 1 saturated heterocycles. The van der Waals surface area contributed by atoms with Gasteiger partial charge in [-0.3, -0.25) is 34.2 Å². The number of carbonyl (C=O) groups is 5. The number of nitrogens with zero attached hydrogens (tertiary/aromatic N) is 3. The van der Waals surface area contributed by atoms with Gasteiger partial charge in [0.05, 0.1) is 70.7 Å². The lowest BCUT2D eigenvalue weighted by Gasteiger charge is -2.35. The Kier molecular flexibility index (Phi) is 18.1. The van der Waals surface area contributed by atoms with E-state index in [1.54, 1.807) is 36.3 Å². The molecule has 16 nitrogen and oxygen atoms in total. The molecule has 1 unspecified atom stereocenters. The Labute approximate surface area is 343 Å². The van der Waals surface area contributed by atoms with Gasteiger partial charge in [-0.25, -0.2) is 9.97 Å². The molecule has 2 fully saturated rings. The van der Waals surface area contributed by atoms with Crippen LogP contribution in [0.25, 0.3) is 0 Å². The number of ether oxygens (including phenoxy) is 4. The number of likely N-dealkylation sites (N-methyl/N-ethyl adjacent to an activating group) is 1. The van der Waals surface area contributed by atoms with E-state index in [-0.39, 0.29) is 49.6 Å². The molecule has 2 aliphatic rings. The third-order valence-electron chi connectivity index (χ3n) is 10.2. The van der Waals surface area contributed by atoms with Crippen LogP contribution in [0.4, 0.5) is 16.6 Å². The first kappa shape index (κ1) is 44.5. The molecule has 4 amide bonds. The smallest absolute Gasteiger partial charge is 0.243 e. The van der Waals surface area contributed by atoms with Crippen molar-refractivity contribution in [1.82, 2.24) is 25.5 Å². The molecule has 1 aliphatic carbocycles. The van der Waals surface area contributed by atoms with Crippen LogP contribution in [0.15, 0.2) is 48.0 Å². The number of imide groups is 1. The van der Waals surface area contributed by atoms with E-state index in [0.717, 1.165) is 48.7 Å². The maximum atomic E-state index is 13.5. The van der Waals surface area contributed by atoms with Gasteiger partial charge in [0.25, 0.3) is 0 Å². The molecular weight excluding hydrogens is 767 g/mol. The van der Waals surface area contributed by atoms with Crippen molar-refractivity contribution in [3.8, 4) is 0 Å². The Balaban J connectivity index is 0.882. The van der Waals surface area contributed by atoms with E-state index in [0.29, 0.717) is 88.7 Å². The maximum Gasteiger partial charge on any atom is 0.243 e. The standard InChI is InChI=1S/C41H55N7O9S/c1-48(34-11-12-36(50)47-38(34)52)28-32-30(29-49)7-5-9-33(32)45-37(51)13-18-54-20-22-56-24-25-57-23-21-55-19-16-42-39(53)41(14-3-2-4-15-41)27-31-8-6-10-35(44-31)46-40-43-17-26-58-40/h5-10,17,26,29,34H,2-4,11-16,18-25,27-28H2,1H3,(H,42,53)(H,45,51)(H,43,44,46)(H,47,50,52). The lowest BCUT2D eigenvalue weighted by Crippen LogP contribution is -2.51. The highest BCUT2D eigenvalue weighted by Crippen LogP contribution is 2.39. The van der Waals surface area contributed by atoms with E-state index in [9.17, 15) is 24.0 Å². The second kappa shape index (κ2) is 23.7. The van der Waals surface area contributed by atoms with Crippen LogP contribution in [-0.4, -0.2) is 117 Å². The van der Waals surface area contributed by atoms with E-state index in [4.69, 9.17) is 23.9 Å². The van der Waals surface area contributed by atoms with Gasteiger partial charge in [-0.15, -0.1) is 11.3 Å². The zero-order valence-electron chi connectivity index (χ0n) is 33.1. The quantitative estimate of drug-likeness (QED) is 0.0543. The summed E-state index contributed by atoms with van der Waals surface area (Å²) < 4.78 is 22.4. The number of aldehydes is 1. The number of carbonyl (C=O) groups excluding carboxylic acids is 5. The molecule has 1 aliphatic heterocycles. The van der Waals surface area contributed by atoms with Crippen LogP contribution >= 0.6 is 11.3 Å². The molecule has 2 aromatic heterocycles. The first-order valence-electron chi connectivity index (χ1n) is 19.9. The summed E-state index contributed by atoms with van der Waals surface area (Å²) in [4.78, 5) is 72.6. The van der Waals surface area contributed by atoms with Gasteiger partial charge in [0.2, 0.25) is 23.6 Å². The molecule has 58 heavy (non-hydrogen) atoms. The van der Waals surface area contributed by atoms with Crippen molar-refractivity contribution in [3.05, 3.63) is 64.8 Å². The van der Waals surface area contributed by atoms with Crippen molar-refractivity contribution in [2.24, 2.45) is 5.41 Å². The fourth-order valence-electron chi connectivity index (χ4n) is 7.14. The van der Waals surface area contributed by atoms with Gasteiger partial charge in [-0.1, -0.05) is 37.5 Å². The molecule has 0 spiro atoms. The normalized spacial score (nSPS) is 16.5. The van der Waals surface area contributed by atoms with Gasteiger partial charge in [0.15, 0.2) is 5.13 Å². The molecule has 17 heteroatoms. The third kappa shape index (κ3) is 14.0. The molecular formula is C41H55N7O9S. The van der Waals surface area contributed by atoms with Gasteiger partial charge >= 0.3 is 0 Å². The number of rotatable bonds is 25. The summed E-state index contributed by atoms with van der Waals surface area (Å²) in [6.45, 7) is 3.42. The van der Waals surface area contributed by atoms with Crippen LogP contribution in [0.2, 0.25) is 0 Å². The Morgan fingerprint density at radius 1 is 0.948 bits per heavy atom. The van der Waals surface area contributed by atoms with Crippen molar-refractivity contribution >= 4 is 57.9 Å². The lowest BCUT2D eigenvalue weighted by atomic mass is 9.70. The number of hydrogen-bond donors (Lipinski definition) is 4. The average Bonchev–Trinajstić information content (AvgIpc) is 3.73. The molecule has 3 aromatic rings. The number of nitrogens with one attached hydrogen (secondary N) is 4. The molecule has 1 saturated carbocycles. The van der Waals surface area contributed by atoms with Crippen LogP contribution in [0.1, 0.15) is 73.0 Å². The Morgan fingerprint density at radius 3 is 2.34 bits per heavy atom. The molecule has 0 bridgehead atoms. The third-order valence-corrected chi connectivity index (χ3v) is 10.9. The fraction of sp³-hybridized carbons (Fsp3) is 0.537. The fourth-order valence-corrected chi connectivity index (χ4v) is 7.67. The van der Waals surface area contributed by atoms with Crippen molar-refractivity contribution in [1.29, 1.82) is 0 Å². The van der Waals surface area contributed by atoms with Crippen molar-refractivity contribution < 1.29 is 42.9 Å². The van der Waals surface area contributed by atoms with E-state index in [2.05, 4.69) is 26.3 Å². The summed E-state index contributed by atoms with van der Waals surface area (Å²) in [6, 6.07) is 10.4. The minimum Gasteiger partial charge on any atom is -0.379 e. The zero-order chi connectivity index (χ0) is 41.0. The second-order valence-electron chi connectivity index (χ2n) is 14.4. The number of pyridine rings is 1. The summed E-state index contributed by atoms with van der Waals surface area (Å²) >= 11 is 1.51. The minimum atomic E-state index is -0.521. The van der Waals surface area contributed by atoms with Gasteiger partial charge in [-0.05, 0) is 44.5 Å². The van der Waals surface area contributed by atoms with E-state index in [1.807, 2.05) is 23.6 Å². The number of amides is 4. The molecule has 4 N–H and O–H groups in total. The van der Waals surface area contributed by atoms with Crippen LogP contribution in [-0.2, 0) is 51.1 Å². The van der Waals surface area contributed by atoms with E-state index >= 15 is 0 Å². The van der Waals surface area contributed by atoms with Gasteiger partial charge in [0, 0.05) is 60.0 Å². The number of benzene rings is 1. The average molecular weight is 822 g/mol. The monoisotopic (exact) mass is 821 g/mol. The van der Waals surface area contributed by atoms with Crippen molar-refractivity contribution in [2.45, 2.75) is 70.4 Å². The van der Waals surface area contributed by atoms with Crippen LogP contribution in [0.3, 0.4) is 0 Å². The van der Waals surface area contributed by atoms with Crippen LogP contribution < -0.4 is 21.3 Å². The summed E-state index contributed by atoms with van der Waals surface area (Å²) in [5, 5.41) is 14.2. The summed E-state index contributed by atoms with van der Waals surface area (Å²) in [5.74, 6) is -0.182. The summed E-state index contributed by atoms with van der Waals surface area (Å²) in [6.07, 6.45) is 8.61. The summed E-state index contributed by atoms with van der Waals surface area (Å²) in [5.41, 5.74) is 1.87. The Hall–Kier alpha value is -4.65. The minimum absolute atomic E-state index is 0.0560. The van der Waals surface area contributed by atoms with Gasteiger partial charge in [0.1, 0.15) is 12.1 Å². The van der Waals surface area contributed by atoms with Crippen LogP contribution in [0, 0.1) is 5.41 Å². The second-order valence-corrected chi connectivity index (χ2v) is 15.3. The topological polar surface area (TPSA) is 199 Å². The maximum absolute atomic E-state index is 13.5. The first-order valence-corrected chi connectivity index (χ1v) is 20.8. The number of aromatic nitrogens is 2. The molecule has 1 atom stereocenters. The van der Waals surface area contributed by atoms with Crippen LogP contribution in [0.5, 0.6) is 0 Å². The predicted molar refractivity (Wildman–Crippen MR) is 218 cm³/mol. The lowest BCUT2D eigenvalue weighted by molar-refractivity contribution is -0.137. The van der Waals surface area contributed by atoms with Gasteiger partial charge < -0.3 is 34.9 Å². The van der Waals surface area contributed by atoms with E-state index < -0.39 is 11.5 Å². The largest absolute Gasteiger partial charge is 0.379 e. The zero-order valence-corrected chi connectivity index (χ0v) is 33.9. The predicted octanol–water partition coefficient (Wildman–Crippen LogP) is 4.04. The highest BCUT2D eigenvalue weighted by Gasteiger charge is 2.40. The molecule has 314 valence electrons. The molecule has 1 aromatic carbocycles. The number of anilines is 3. The molecule has 3 heterocycles. The number of piperidine rings is 1. The number of thiazole rings is 1. The van der Waals surface area contributed by atoms with E-state index in [1.165, 1.54) is 11.3 Å². The Morgan fingerprint density at radius 2 is 1.66 bits per heavy atom. The summed E-state index contributed by atoms with van der Waals surface area (Å²) in [7, 11) is 1.74. The van der Waals surface area contributed by atoms with Gasteiger partial charge in [-0.2, -0.15) is 0 Å². The molecule has 0 radical (unpaired) electrons. The highest BCUT2D eigenvalue weighted by atomic mass is 32.1. The van der Waals surface area contributed by atoms with Crippen molar-refractivity contribution in [3.63, 3.8) is 0 Å². The SMILES string of the molecule is CN(Cc1c(C=O)cccc1NC(=O)CCOCCOCCOCCOCCNC(=O)C1(Cc2cccc(Nc3nccs3)n2)CCCCC1)C1CCC(=O)NC1=O. The first-order chi connectivity index (χ1) is 28.3. The number of hydrogen-bond acceptors (Lipinski definition) is 14. The molecule has 5 rings (SSSR count). The highest BCUT2D eigenvalue weighted by molar-refractivity contribution is 7.13.